The van der Waals surface area contributed by atoms with E-state index in [1.807, 2.05) is 59.4 Å². The molecule has 0 radical (unpaired) electrons. The molecule has 5 rings (SSSR count). The van der Waals surface area contributed by atoms with Crippen LogP contribution in [0, 0.1) is 0 Å². The van der Waals surface area contributed by atoms with Crippen LogP contribution in [0.1, 0.15) is 0 Å². The number of hydrogen-bond donors (Lipinski definition) is 0. The fraction of sp³-hybridized carbons (Fsp3) is 0.227. The van der Waals surface area contributed by atoms with Gasteiger partial charge < -0.3 is 14.5 Å². The standard InChI is InChI=1S/C22H21ClN6O/c1-30-20-8-7-16(23)13-19(20)27-9-11-28(12-10-27)21-18-14-26-29(22(18)25-15-24-21)17-5-3-2-4-6-17/h2-8,13-15H,9-12H2,1H3. The van der Waals surface area contributed by atoms with Gasteiger partial charge in [0, 0.05) is 31.2 Å². The second-order valence-electron chi connectivity index (χ2n) is 7.12. The van der Waals surface area contributed by atoms with Crippen LogP contribution in [0.15, 0.2) is 61.1 Å². The number of ether oxygens (including phenoxy) is 1. The molecule has 1 aliphatic rings. The lowest BCUT2D eigenvalue weighted by Crippen LogP contribution is -2.47. The Balaban J connectivity index is 1.41. The topological polar surface area (TPSA) is 59.3 Å². The van der Waals surface area contributed by atoms with E-state index in [-0.39, 0.29) is 0 Å². The zero-order valence-corrected chi connectivity index (χ0v) is 17.3. The van der Waals surface area contributed by atoms with Gasteiger partial charge in [-0.2, -0.15) is 5.10 Å². The van der Waals surface area contributed by atoms with Gasteiger partial charge in [0.2, 0.25) is 0 Å². The van der Waals surface area contributed by atoms with Crippen molar-refractivity contribution in [2.45, 2.75) is 0 Å². The number of methoxy groups -OCH3 is 1. The van der Waals surface area contributed by atoms with Gasteiger partial charge in [-0.3, -0.25) is 0 Å². The lowest BCUT2D eigenvalue weighted by atomic mass is 10.2. The summed E-state index contributed by atoms with van der Waals surface area (Å²) in [7, 11) is 1.69. The summed E-state index contributed by atoms with van der Waals surface area (Å²) in [5.74, 6) is 1.75. The molecule has 7 nitrogen and oxygen atoms in total. The molecule has 1 aliphatic heterocycles. The molecule has 0 aliphatic carbocycles. The van der Waals surface area contributed by atoms with Crippen LogP contribution in [0.2, 0.25) is 5.02 Å². The molecule has 0 saturated carbocycles. The fourth-order valence-electron chi connectivity index (χ4n) is 3.91. The maximum absolute atomic E-state index is 6.22. The minimum absolute atomic E-state index is 0.707. The lowest BCUT2D eigenvalue weighted by Gasteiger charge is -2.37. The molecule has 0 unspecified atom stereocenters. The Hall–Kier alpha value is -3.32. The van der Waals surface area contributed by atoms with E-state index >= 15 is 0 Å². The summed E-state index contributed by atoms with van der Waals surface area (Å²) in [4.78, 5) is 13.7. The molecule has 3 heterocycles. The lowest BCUT2D eigenvalue weighted by molar-refractivity contribution is 0.413. The first-order valence-electron chi connectivity index (χ1n) is 9.82. The van der Waals surface area contributed by atoms with Crippen molar-refractivity contribution < 1.29 is 4.74 Å². The van der Waals surface area contributed by atoms with E-state index in [4.69, 9.17) is 16.3 Å². The smallest absolute Gasteiger partial charge is 0.168 e. The highest BCUT2D eigenvalue weighted by Crippen LogP contribution is 2.33. The van der Waals surface area contributed by atoms with E-state index < -0.39 is 0 Å². The first-order valence-corrected chi connectivity index (χ1v) is 10.2. The van der Waals surface area contributed by atoms with Crippen molar-refractivity contribution in [2.24, 2.45) is 0 Å². The molecule has 0 bridgehead atoms. The van der Waals surface area contributed by atoms with Gasteiger partial charge in [-0.25, -0.2) is 14.6 Å². The molecule has 4 aromatic rings. The van der Waals surface area contributed by atoms with E-state index in [2.05, 4.69) is 24.9 Å². The number of benzene rings is 2. The average Bonchev–Trinajstić information content (AvgIpc) is 3.24. The summed E-state index contributed by atoms with van der Waals surface area (Å²) < 4.78 is 7.38. The van der Waals surface area contributed by atoms with Gasteiger partial charge in [0.15, 0.2) is 5.65 Å². The predicted molar refractivity (Wildman–Crippen MR) is 119 cm³/mol. The van der Waals surface area contributed by atoms with Crippen molar-refractivity contribution in [3.8, 4) is 11.4 Å². The number of hydrogen-bond acceptors (Lipinski definition) is 6. The summed E-state index contributed by atoms with van der Waals surface area (Å²) in [5, 5.41) is 6.22. The zero-order chi connectivity index (χ0) is 20.5. The normalized spacial score (nSPS) is 14.3. The van der Waals surface area contributed by atoms with Gasteiger partial charge in [-0.15, -0.1) is 0 Å². The monoisotopic (exact) mass is 420 g/mol. The third-order valence-corrected chi connectivity index (χ3v) is 5.64. The Morgan fingerprint density at radius 2 is 1.70 bits per heavy atom. The summed E-state index contributed by atoms with van der Waals surface area (Å²) >= 11 is 6.22. The molecular weight excluding hydrogens is 400 g/mol. The van der Waals surface area contributed by atoms with Crippen LogP contribution in [0.5, 0.6) is 5.75 Å². The number of aromatic nitrogens is 4. The largest absolute Gasteiger partial charge is 0.495 e. The van der Waals surface area contributed by atoms with Crippen molar-refractivity contribution in [3.05, 3.63) is 66.1 Å². The number of anilines is 2. The van der Waals surface area contributed by atoms with E-state index in [1.165, 1.54) is 0 Å². The number of piperazine rings is 1. The van der Waals surface area contributed by atoms with Gasteiger partial charge in [0.25, 0.3) is 0 Å². The van der Waals surface area contributed by atoms with Crippen LogP contribution < -0.4 is 14.5 Å². The van der Waals surface area contributed by atoms with Crippen LogP contribution in [0.3, 0.4) is 0 Å². The Kier molecular flexibility index (Phi) is 4.88. The van der Waals surface area contributed by atoms with E-state index in [0.717, 1.165) is 60.2 Å². The van der Waals surface area contributed by atoms with E-state index in [0.29, 0.717) is 5.02 Å². The van der Waals surface area contributed by atoms with Crippen molar-refractivity contribution in [3.63, 3.8) is 0 Å². The molecule has 152 valence electrons. The van der Waals surface area contributed by atoms with Gasteiger partial charge in [-0.05, 0) is 30.3 Å². The van der Waals surface area contributed by atoms with Gasteiger partial charge in [0.1, 0.15) is 17.9 Å². The van der Waals surface area contributed by atoms with Gasteiger partial charge in [-0.1, -0.05) is 29.8 Å². The van der Waals surface area contributed by atoms with Crippen molar-refractivity contribution in [1.82, 2.24) is 19.7 Å². The van der Waals surface area contributed by atoms with Crippen LogP contribution in [0.4, 0.5) is 11.5 Å². The predicted octanol–water partition coefficient (Wildman–Crippen LogP) is 3.80. The van der Waals surface area contributed by atoms with Crippen LogP contribution in [0.25, 0.3) is 16.7 Å². The molecule has 0 amide bonds. The molecule has 8 heteroatoms. The minimum atomic E-state index is 0.707. The third-order valence-electron chi connectivity index (χ3n) is 5.41. The van der Waals surface area contributed by atoms with Gasteiger partial charge in [0.05, 0.1) is 30.1 Å². The molecular formula is C22H21ClN6O. The molecule has 0 atom stereocenters. The number of fused-ring (bicyclic) bond motifs is 1. The van der Waals surface area contributed by atoms with Crippen LogP contribution >= 0.6 is 11.6 Å². The maximum atomic E-state index is 6.22. The molecule has 30 heavy (non-hydrogen) atoms. The highest BCUT2D eigenvalue weighted by molar-refractivity contribution is 6.30. The van der Waals surface area contributed by atoms with Gasteiger partial charge >= 0.3 is 0 Å². The SMILES string of the molecule is COc1ccc(Cl)cc1N1CCN(c2ncnc3c2cnn3-c2ccccc2)CC1. The highest BCUT2D eigenvalue weighted by atomic mass is 35.5. The third kappa shape index (κ3) is 3.31. The minimum Gasteiger partial charge on any atom is -0.495 e. The Bertz CT molecular complexity index is 1170. The molecule has 0 N–H and O–H groups in total. The second kappa shape index (κ2) is 7.84. The zero-order valence-electron chi connectivity index (χ0n) is 16.6. The van der Waals surface area contributed by atoms with Crippen molar-refractivity contribution >= 4 is 34.1 Å². The summed E-state index contributed by atoms with van der Waals surface area (Å²) in [5.41, 5.74) is 2.81. The second-order valence-corrected chi connectivity index (χ2v) is 7.55. The molecule has 1 saturated heterocycles. The Labute approximate surface area is 179 Å². The Morgan fingerprint density at radius 1 is 0.933 bits per heavy atom. The molecule has 0 spiro atoms. The number of nitrogens with zero attached hydrogens (tertiary/aromatic N) is 6. The molecule has 2 aromatic carbocycles. The fourth-order valence-corrected chi connectivity index (χ4v) is 4.08. The van der Waals surface area contributed by atoms with E-state index in [9.17, 15) is 0 Å². The highest BCUT2D eigenvalue weighted by Gasteiger charge is 2.23. The van der Waals surface area contributed by atoms with E-state index in [1.54, 1.807) is 13.4 Å². The maximum Gasteiger partial charge on any atom is 0.168 e. The molecule has 1 fully saturated rings. The first-order chi connectivity index (χ1) is 14.7. The molecule has 2 aromatic heterocycles. The van der Waals surface area contributed by atoms with Crippen molar-refractivity contribution in [1.29, 1.82) is 0 Å². The number of para-hydroxylation sites is 1. The van der Waals surface area contributed by atoms with Crippen molar-refractivity contribution in [2.75, 3.05) is 43.1 Å². The number of rotatable bonds is 4. The van der Waals surface area contributed by atoms with Crippen LogP contribution in [-0.2, 0) is 0 Å². The summed E-state index contributed by atoms with van der Waals surface area (Å²) in [6.45, 7) is 3.35. The quantitative estimate of drug-likeness (QED) is 0.500. The first kappa shape index (κ1) is 18.7. The Morgan fingerprint density at radius 3 is 2.47 bits per heavy atom. The summed E-state index contributed by atoms with van der Waals surface area (Å²) in [6, 6.07) is 15.7. The summed E-state index contributed by atoms with van der Waals surface area (Å²) in [6.07, 6.45) is 3.47. The van der Waals surface area contributed by atoms with Crippen LogP contribution in [-0.4, -0.2) is 53.0 Å². The average molecular weight is 421 g/mol. The number of halogens is 1.